The van der Waals surface area contributed by atoms with E-state index in [4.69, 9.17) is 4.74 Å². The van der Waals surface area contributed by atoms with E-state index >= 15 is 0 Å². The summed E-state index contributed by atoms with van der Waals surface area (Å²) in [7, 11) is 0. The molecule has 10 heteroatoms. The number of likely N-dealkylation sites (tertiary alicyclic amines) is 1. The number of hydrogen-bond donors (Lipinski definition) is 1. The molecular weight excluding hydrogens is 473 g/mol. The summed E-state index contributed by atoms with van der Waals surface area (Å²) < 4.78 is 47.3. The molecule has 1 aromatic heterocycles. The number of carbonyl (C=O) groups excluding carboxylic acids is 1. The highest BCUT2D eigenvalue weighted by Crippen LogP contribution is 2.31. The van der Waals surface area contributed by atoms with E-state index in [0.29, 0.717) is 42.8 Å². The number of rotatable bonds is 5. The molecule has 1 N–H and O–H groups in total. The lowest BCUT2D eigenvalue weighted by molar-refractivity contribution is -0.137. The van der Waals surface area contributed by atoms with E-state index in [-0.39, 0.29) is 23.4 Å². The summed E-state index contributed by atoms with van der Waals surface area (Å²) >= 11 is 0. The Labute approximate surface area is 204 Å². The molecule has 0 aliphatic carbocycles. The highest BCUT2D eigenvalue weighted by atomic mass is 19.4. The second-order valence-electron chi connectivity index (χ2n) is 8.56. The van der Waals surface area contributed by atoms with Crippen LogP contribution in [-0.2, 0) is 11.0 Å². The standard InChI is InChI=1S/C26H23F3N4O3/c1-2-24(34)31-14-12-19(16-31)33-22-11-13-30-15-23(22)32(25(33)35)18-5-9-21(10-6-18)36-20-7-3-17(4-8-20)26(27,28)29/h2-11,15,19,30H,1,12-14,16H2/t19-/m1/s1. The Kier molecular flexibility index (Phi) is 5.95. The Bertz CT molecular complexity index is 1490. The van der Waals surface area contributed by atoms with Crippen LogP contribution >= 0.6 is 0 Å². The third-order valence-corrected chi connectivity index (χ3v) is 6.34. The topological polar surface area (TPSA) is 68.5 Å². The summed E-state index contributed by atoms with van der Waals surface area (Å²) in [6, 6.07) is 11.0. The van der Waals surface area contributed by atoms with Crippen molar-refractivity contribution >= 4 is 18.2 Å². The number of halogens is 3. The quantitative estimate of drug-likeness (QED) is 0.552. The van der Waals surface area contributed by atoms with Crippen molar-refractivity contribution in [3.05, 3.63) is 87.9 Å². The molecular formula is C26H23F3N4O3. The van der Waals surface area contributed by atoms with Gasteiger partial charge < -0.3 is 15.0 Å². The fourth-order valence-electron chi connectivity index (χ4n) is 4.60. The van der Waals surface area contributed by atoms with Gasteiger partial charge in [0.05, 0.1) is 28.0 Å². The van der Waals surface area contributed by atoms with Gasteiger partial charge in [-0.15, -0.1) is 0 Å². The van der Waals surface area contributed by atoms with Crippen molar-refractivity contribution in [2.24, 2.45) is 0 Å². The van der Waals surface area contributed by atoms with E-state index in [0.717, 1.165) is 17.5 Å². The maximum atomic E-state index is 13.6. The van der Waals surface area contributed by atoms with Crippen LogP contribution < -0.4 is 26.4 Å². The van der Waals surface area contributed by atoms with Crippen LogP contribution in [-0.4, -0.2) is 39.6 Å². The molecule has 0 saturated carbocycles. The molecule has 5 rings (SSSR count). The van der Waals surface area contributed by atoms with Crippen molar-refractivity contribution in [1.82, 2.24) is 19.4 Å². The molecule has 36 heavy (non-hydrogen) atoms. The van der Waals surface area contributed by atoms with Crippen LogP contribution in [0, 0.1) is 0 Å². The zero-order valence-corrected chi connectivity index (χ0v) is 19.2. The van der Waals surface area contributed by atoms with E-state index in [2.05, 4.69) is 11.9 Å². The molecule has 3 aromatic rings. The van der Waals surface area contributed by atoms with Gasteiger partial charge in [-0.2, -0.15) is 13.2 Å². The Morgan fingerprint density at radius 1 is 1.06 bits per heavy atom. The molecule has 0 bridgehead atoms. The van der Waals surface area contributed by atoms with Gasteiger partial charge in [-0.25, -0.2) is 4.79 Å². The Morgan fingerprint density at radius 2 is 1.72 bits per heavy atom. The van der Waals surface area contributed by atoms with Crippen LogP contribution in [0.2, 0.25) is 0 Å². The monoisotopic (exact) mass is 496 g/mol. The number of carbonyl (C=O) groups is 1. The van der Waals surface area contributed by atoms with Gasteiger partial charge in [-0.3, -0.25) is 13.9 Å². The molecule has 1 amide bonds. The first-order valence-electron chi connectivity index (χ1n) is 11.4. The molecule has 186 valence electrons. The van der Waals surface area contributed by atoms with Gasteiger partial charge in [0.25, 0.3) is 0 Å². The lowest BCUT2D eigenvalue weighted by Gasteiger charge is -2.15. The van der Waals surface area contributed by atoms with Gasteiger partial charge in [0.2, 0.25) is 5.91 Å². The summed E-state index contributed by atoms with van der Waals surface area (Å²) in [5.41, 5.74) is -0.356. The highest BCUT2D eigenvalue weighted by molar-refractivity contribution is 5.87. The number of hydrogen-bond acceptors (Lipinski definition) is 4. The summed E-state index contributed by atoms with van der Waals surface area (Å²) in [5.74, 6) is 0.533. The van der Waals surface area contributed by atoms with E-state index in [9.17, 15) is 22.8 Å². The van der Waals surface area contributed by atoms with Crippen molar-refractivity contribution in [1.29, 1.82) is 0 Å². The Morgan fingerprint density at radius 3 is 2.36 bits per heavy atom. The molecule has 7 nitrogen and oxygen atoms in total. The van der Waals surface area contributed by atoms with Crippen LogP contribution in [0.3, 0.4) is 0 Å². The minimum Gasteiger partial charge on any atom is -0.457 e. The molecule has 0 radical (unpaired) electrons. The first-order valence-corrected chi connectivity index (χ1v) is 11.4. The molecule has 2 aromatic carbocycles. The van der Waals surface area contributed by atoms with Gasteiger partial charge >= 0.3 is 11.9 Å². The SMILES string of the molecule is C=CC(=O)N1CC[C@@H](n2c3c(n(-c4ccc(Oc5ccc(C(F)(F)F)cc5)cc4)c2=O)=CNCC=3)C1. The van der Waals surface area contributed by atoms with E-state index in [1.807, 2.05) is 6.08 Å². The largest absolute Gasteiger partial charge is 0.457 e. The Hall–Kier alpha value is -4.21. The first-order chi connectivity index (χ1) is 17.3. The number of nitrogens with zero attached hydrogens (tertiary/aromatic N) is 3. The number of imidazole rings is 1. The zero-order chi connectivity index (χ0) is 25.4. The normalized spacial score (nSPS) is 17.0. The third kappa shape index (κ3) is 4.30. The number of fused-ring (bicyclic) bond motifs is 1. The van der Waals surface area contributed by atoms with E-state index in [1.165, 1.54) is 18.2 Å². The average Bonchev–Trinajstić information content (AvgIpc) is 3.46. The summed E-state index contributed by atoms with van der Waals surface area (Å²) in [6.07, 6.45) is 1.28. The predicted octanol–water partition coefficient (Wildman–Crippen LogP) is 2.53. The Balaban J connectivity index is 1.44. The van der Waals surface area contributed by atoms with Crippen molar-refractivity contribution in [3.63, 3.8) is 0 Å². The van der Waals surface area contributed by atoms with Crippen molar-refractivity contribution < 1.29 is 22.7 Å². The molecule has 2 aliphatic heterocycles. The average molecular weight is 496 g/mol. The lowest BCUT2D eigenvalue weighted by Crippen LogP contribution is -2.40. The minimum absolute atomic E-state index is 0.151. The molecule has 2 aliphatic rings. The molecule has 1 atom stereocenters. The van der Waals surface area contributed by atoms with Crippen molar-refractivity contribution in [2.45, 2.75) is 18.6 Å². The second-order valence-corrected chi connectivity index (χ2v) is 8.56. The van der Waals surface area contributed by atoms with Gasteiger partial charge in [-0.05, 0) is 67.1 Å². The van der Waals surface area contributed by atoms with Gasteiger partial charge in [0, 0.05) is 25.8 Å². The number of ether oxygens (including phenoxy) is 1. The van der Waals surface area contributed by atoms with Crippen molar-refractivity contribution in [2.75, 3.05) is 19.6 Å². The number of alkyl halides is 3. The second kappa shape index (κ2) is 9.10. The van der Waals surface area contributed by atoms with Crippen LogP contribution in [0.4, 0.5) is 13.2 Å². The third-order valence-electron chi connectivity index (χ3n) is 6.34. The summed E-state index contributed by atoms with van der Waals surface area (Å²) in [6.45, 7) is 5.11. The number of amides is 1. The first kappa shape index (κ1) is 23.5. The van der Waals surface area contributed by atoms with E-state index in [1.54, 1.807) is 44.5 Å². The van der Waals surface area contributed by atoms with Gasteiger partial charge in [0.15, 0.2) is 0 Å². The predicted molar refractivity (Wildman–Crippen MR) is 128 cm³/mol. The van der Waals surface area contributed by atoms with Crippen LogP contribution in [0.15, 0.2) is 66.0 Å². The molecule has 3 heterocycles. The fraction of sp³-hybridized carbons (Fsp3) is 0.231. The number of aromatic nitrogens is 2. The maximum absolute atomic E-state index is 13.6. The minimum atomic E-state index is -4.41. The number of nitrogens with one attached hydrogen (secondary N) is 1. The van der Waals surface area contributed by atoms with Crippen LogP contribution in [0.5, 0.6) is 11.5 Å². The smallest absolute Gasteiger partial charge is 0.416 e. The summed E-state index contributed by atoms with van der Waals surface area (Å²) in [5, 5.41) is 4.64. The van der Waals surface area contributed by atoms with Gasteiger partial charge in [-0.1, -0.05) is 6.58 Å². The van der Waals surface area contributed by atoms with Gasteiger partial charge in [0.1, 0.15) is 11.5 Å². The molecule has 1 fully saturated rings. The summed E-state index contributed by atoms with van der Waals surface area (Å²) in [4.78, 5) is 27.3. The molecule has 0 spiro atoms. The zero-order valence-electron chi connectivity index (χ0n) is 19.2. The maximum Gasteiger partial charge on any atom is 0.416 e. The van der Waals surface area contributed by atoms with Crippen molar-refractivity contribution in [3.8, 4) is 17.2 Å². The van der Waals surface area contributed by atoms with E-state index < -0.39 is 11.7 Å². The van der Waals surface area contributed by atoms with Crippen LogP contribution in [0.1, 0.15) is 18.0 Å². The highest BCUT2D eigenvalue weighted by Gasteiger charge is 2.30. The number of benzene rings is 2. The fourth-order valence-corrected chi connectivity index (χ4v) is 4.60. The van der Waals surface area contributed by atoms with Crippen LogP contribution in [0.25, 0.3) is 18.0 Å². The molecule has 1 saturated heterocycles. The molecule has 0 unspecified atom stereocenters. The lowest BCUT2D eigenvalue weighted by atomic mass is 10.2.